The predicted molar refractivity (Wildman–Crippen MR) is 96.5 cm³/mol. The zero-order valence-corrected chi connectivity index (χ0v) is 14.5. The summed E-state index contributed by atoms with van der Waals surface area (Å²) in [6, 6.07) is 13.8. The molecule has 0 saturated carbocycles. The number of hydrogen-bond acceptors (Lipinski definition) is 5. The van der Waals surface area contributed by atoms with Gasteiger partial charge in [0.15, 0.2) is 5.84 Å². The van der Waals surface area contributed by atoms with Gasteiger partial charge in [0.1, 0.15) is 6.61 Å². The molecule has 130 valence electrons. The number of oxime groups is 1. The summed E-state index contributed by atoms with van der Waals surface area (Å²) in [6.45, 7) is -0.207. The molecule has 0 aliphatic carbocycles. The van der Waals surface area contributed by atoms with E-state index >= 15 is 0 Å². The number of rotatable bonds is 6. The first-order valence-corrected chi connectivity index (χ1v) is 7.98. The van der Waals surface area contributed by atoms with Crippen molar-refractivity contribution in [2.45, 2.75) is 6.42 Å². The number of halogens is 2. The van der Waals surface area contributed by atoms with Gasteiger partial charge in [0, 0.05) is 0 Å². The van der Waals surface area contributed by atoms with Crippen molar-refractivity contribution >= 4 is 41.2 Å². The lowest BCUT2D eigenvalue weighted by atomic mass is 10.1. The van der Waals surface area contributed by atoms with Crippen molar-refractivity contribution in [2.75, 3.05) is 6.61 Å². The number of carbonyl (C=O) groups is 1. The minimum Gasteiger partial charge on any atom is -0.411 e. The van der Waals surface area contributed by atoms with E-state index in [-0.39, 0.29) is 34.5 Å². The van der Waals surface area contributed by atoms with Crippen LogP contribution in [0.5, 0.6) is 0 Å². The van der Waals surface area contributed by atoms with Crippen molar-refractivity contribution in [1.29, 1.82) is 5.41 Å². The largest absolute Gasteiger partial charge is 0.411 e. The third-order valence-electron chi connectivity index (χ3n) is 3.19. The van der Waals surface area contributed by atoms with Crippen LogP contribution in [0.4, 0.5) is 0 Å². The van der Waals surface area contributed by atoms with Gasteiger partial charge in [0.25, 0.3) is 5.91 Å². The smallest absolute Gasteiger partial charge is 0.256 e. The minimum absolute atomic E-state index is 0.0154. The highest BCUT2D eigenvalue weighted by atomic mass is 35.5. The Balaban J connectivity index is 2.28. The van der Waals surface area contributed by atoms with Crippen molar-refractivity contribution in [3.63, 3.8) is 0 Å². The highest BCUT2D eigenvalue weighted by molar-refractivity contribution is 6.40. The zero-order valence-electron chi connectivity index (χ0n) is 13.0. The van der Waals surface area contributed by atoms with Crippen molar-refractivity contribution in [2.24, 2.45) is 5.16 Å². The van der Waals surface area contributed by atoms with E-state index in [1.54, 1.807) is 30.3 Å². The maximum absolute atomic E-state index is 12.6. The van der Waals surface area contributed by atoms with Gasteiger partial charge in [-0.3, -0.25) is 15.0 Å². The Hall–Kier alpha value is -2.41. The number of amidine groups is 1. The molecule has 1 amide bonds. The van der Waals surface area contributed by atoms with Gasteiger partial charge in [-0.1, -0.05) is 64.8 Å². The lowest BCUT2D eigenvalue weighted by Gasteiger charge is -2.22. The molecule has 25 heavy (non-hydrogen) atoms. The second kappa shape index (κ2) is 9.17. The van der Waals surface area contributed by atoms with E-state index in [0.717, 1.165) is 16.8 Å². The average Bonchev–Trinajstić information content (AvgIpc) is 2.59. The number of carbonyl (C=O) groups excluding carboxylic acids is 1. The van der Waals surface area contributed by atoms with Gasteiger partial charge < -0.3 is 5.21 Å². The molecule has 0 saturated heterocycles. The van der Waals surface area contributed by atoms with Crippen LogP contribution in [-0.2, 0) is 16.1 Å². The number of hydrogen-bond donors (Lipinski definition) is 2. The number of nitrogens with zero attached hydrogens (tertiary/aromatic N) is 2. The van der Waals surface area contributed by atoms with Crippen LogP contribution in [0.1, 0.15) is 11.1 Å². The molecule has 0 aliphatic heterocycles. The van der Waals surface area contributed by atoms with E-state index in [4.69, 9.17) is 38.7 Å². The van der Waals surface area contributed by atoms with Crippen molar-refractivity contribution < 1.29 is 14.8 Å². The molecular formula is C17H15Cl2N3O3. The molecule has 0 heterocycles. The van der Waals surface area contributed by atoms with Crippen molar-refractivity contribution in [1.82, 2.24) is 5.06 Å². The molecular weight excluding hydrogens is 365 g/mol. The van der Waals surface area contributed by atoms with Crippen LogP contribution in [0.25, 0.3) is 0 Å². The Bertz CT molecular complexity index is 762. The van der Waals surface area contributed by atoms with Crippen LogP contribution >= 0.6 is 23.2 Å². The highest BCUT2D eigenvalue weighted by Crippen LogP contribution is 2.26. The fourth-order valence-electron chi connectivity index (χ4n) is 2.07. The molecule has 6 nitrogen and oxygen atoms in total. The molecule has 8 heteroatoms. The molecule has 0 atom stereocenters. The fourth-order valence-corrected chi connectivity index (χ4v) is 2.65. The maximum Gasteiger partial charge on any atom is 0.256 e. The van der Waals surface area contributed by atoms with Crippen LogP contribution in [0.2, 0.25) is 10.0 Å². The van der Waals surface area contributed by atoms with Gasteiger partial charge in [0.2, 0.25) is 0 Å². The fraction of sp³-hybridized carbons (Fsp3) is 0.118. The Morgan fingerprint density at radius 1 is 1.16 bits per heavy atom. The van der Waals surface area contributed by atoms with Gasteiger partial charge in [0.05, 0.1) is 28.2 Å². The summed E-state index contributed by atoms with van der Waals surface area (Å²) in [5.41, 5.74) is 0.933. The third-order valence-corrected chi connectivity index (χ3v) is 3.82. The van der Waals surface area contributed by atoms with Gasteiger partial charge in [-0.05, 0) is 17.7 Å². The molecule has 0 spiro atoms. The topological polar surface area (TPSA) is 86.0 Å². The molecule has 2 rings (SSSR count). The normalized spacial score (nSPS) is 10.8. The summed E-state index contributed by atoms with van der Waals surface area (Å²) in [6.07, 6.45) is 1.06. The lowest BCUT2D eigenvalue weighted by Crippen LogP contribution is -2.39. The number of amides is 1. The minimum atomic E-state index is -0.487. The van der Waals surface area contributed by atoms with Crippen LogP contribution in [0.3, 0.4) is 0 Å². The van der Waals surface area contributed by atoms with Crippen molar-refractivity contribution in [3.05, 3.63) is 69.7 Å². The molecule has 0 fully saturated rings. The first-order valence-electron chi connectivity index (χ1n) is 7.23. The Labute approximate surface area is 154 Å². The Morgan fingerprint density at radius 2 is 1.80 bits per heavy atom. The maximum atomic E-state index is 12.6. The van der Waals surface area contributed by atoms with Crippen LogP contribution in [0, 0.1) is 5.41 Å². The van der Waals surface area contributed by atoms with Gasteiger partial charge in [-0.2, -0.15) is 5.06 Å². The molecule has 2 N–H and O–H groups in total. The third kappa shape index (κ3) is 5.03. The van der Waals surface area contributed by atoms with E-state index in [0.29, 0.717) is 0 Å². The van der Waals surface area contributed by atoms with E-state index in [1.807, 2.05) is 18.2 Å². The standard InChI is InChI=1S/C17H15Cl2N3O3/c18-13-7-4-8-14(19)16(13)17(20)22(25-10-9-21-24)15(23)11-12-5-2-1-3-6-12/h1-9,20,24H,10-11H2. The second-order valence-corrected chi connectivity index (χ2v) is 5.70. The first-order chi connectivity index (χ1) is 12.0. The van der Waals surface area contributed by atoms with Gasteiger partial charge in [-0.25, -0.2) is 0 Å². The Morgan fingerprint density at radius 3 is 2.40 bits per heavy atom. The predicted octanol–water partition coefficient (Wildman–Crippen LogP) is 3.78. The summed E-state index contributed by atoms with van der Waals surface area (Å²) in [5.74, 6) is -0.790. The quantitative estimate of drug-likeness (QED) is 0.346. The molecule has 0 radical (unpaired) electrons. The zero-order chi connectivity index (χ0) is 18.2. The molecule has 0 unspecified atom stereocenters. The summed E-state index contributed by atoms with van der Waals surface area (Å²) >= 11 is 12.2. The lowest BCUT2D eigenvalue weighted by molar-refractivity contribution is -0.158. The number of nitrogens with one attached hydrogen (secondary N) is 1. The second-order valence-electron chi connectivity index (χ2n) is 4.89. The Kier molecular flexibility index (Phi) is 6.94. The van der Waals surface area contributed by atoms with E-state index in [2.05, 4.69) is 5.16 Å². The van der Waals surface area contributed by atoms with Crippen molar-refractivity contribution in [3.8, 4) is 0 Å². The number of benzene rings is 2. The van der Waals surface area contributed by atoms with Crippen LogP contribution in [0.15, 0.2) is 53.7 Å². The summed E-state index contributed by atoms with van der Waals surface area (Å²) in [5, 5.41) is 20.8. The SMILES string of the molecule is N=C(c1c(Cl)cccc1Cl)N(OCC=NO)C(=O)Cc1ccccc1. The highest BCUT2D eigenvalue weighted by Gasteiger charge is 2.24. The number of hydroxylamine groups is 2. The summed E-state index contributed by atoms with van der Waals surface area (Å²) < 4.78 is 0. The van der Waals surface area contributed by atoms with Gasteiger partial charge >= 0.3 is 0 Å². The first kappa shape index (κ1) is 18.9. The van der Waals surface area contributed by atoms with E-state index < -0.39 is 5.91 Å². The van der Waals surface area contributed by atoms with Crippen LogP contribution < -0.4 is 0 Å². The molecule has 0 aliphatic rings. The van der Waals surface area contributed by atoms with E-state index in [9.17, 15) is 4.79 Å². The van der Waals surface area contributed by atoms with Crippen LogP contribution in [-0.4, -0.2) is 34.8 Å². The average molecular weight is 380 g/mol. The van der Waals surface area contributed by atoms with E-state index in [1.165, 1.54) is 0 Å². The molecule has 2 aromatic rings. The molecule has 0 bridgehead atoms. The monoisotopic (exact) mass is 379 g/mol. The molecule has 2 aromatic carbocycles. The summed E-state index contributed by atoms with van der Waals surface area (Å²) in [4.78, 5) is 17.9. The summed E-state index contributed by atoms with van der Waals surface area (Å²) in [7, 11) is 0. The van der Waals surface area contributed by atoms with Gasteiger partial charge in [-0.15, -0.1) is 0 Å². The molecule has 0 aromatic heterocycles.